The highest BCUT2D eigenvalue weighted by atomic mass is 79.9. The third-order valence-corrected chi connectivity index (χ3v) is 7.13. The number of hydrogen-bond donors (Lipinski definition) is 0. The fourth-order valence-electron chi connectivity index (χ4n) is 2.73. The minimum atomic E-state index is -3.43. The van der Waals surface area contributed by atoms with Crippen molar-refractivity contribution in [1.82, 2.24) is 13.5 Å². The summed E-state index contributed by atoms with van der Waals surface area (Å²) in [5.74, 6) is -0.101. The lowest BCUT2D eigenvalue weighted by atomic mass is 10.2. The highest BCUT2D eigenvalue weighted by Gasteiger charge is 2.31. The Morgan fingerprint density at radius 3 is 2.32 bits per heavy atom. The van der Waals surface area contributed by atoms with Crippen LogP contribution in [0.5, 0.6) is 0 Å². The molecule has 0 N–H and O–H groups in total. The van der Waals surface area contributed by atoms with Crippen molar-refractivity contribution >= 4 is 38.1 Å². The standard InChI is InChI=1S/C17H24BrN3O3S/c1-3-20(4-2)25(23,24)21-13-11-19(12-14-21)17(22)10-9-15-7-5-6-8-16(15)18/h5-10H,3-4,11-14H2,1-2H3. The Balaban J connectivity index is 1.96. The predicted molar refractivity (Wildman–Crippen MR) is 103 cm³/mol. The molecule has 0 spiro atoms. The SMILES string of the molecule is CCN(CC)S(=O)(=O)N1CCN(C(=O)C=Cc2ccccc2Br)CC1. The Hall–Kier alpha value is -1.22. The first-order valence-electron chi connectivity index (χ1n) is 8.36. The van der Waals surface area contributed by atoms with Gasteiger partial charge in [0.05, 0.1) is 0 Å². The van der Waals surface area contributed by atoms with Crippen molar-refractivity contribution < 1.29 is 13.2 Å². The molecule has 1 aromatic carbocycles. The second kappa shape index (κ2) is 8.93. The number of piperazine rings is 1. The maximum atomic E-state index is 12.5. The Morgan fingerprint density at radius 2 is 1.76 bits per heavy atom. The Labute approximate surface area is 158 Å². The zero-order chi connectivity index (χ0) is 18.4. The van der Waals surface area contributed by atoms with Gasteiger partial charge in [0, 0.05) is 49.8 Å². The predicted octanol–water partition coefficient (Wildman–Crippen LogP) is 2.19. The van der Waals surface area contributed by atoms with Gasteiger partial charge in [-0.2, -0.15) is 17.0 Å². The number of amides is 1. The average molecular weight is 430 g/mol. The van der Waals surface area contributed by atoms with Crippen LogP contribution in [-0.2, 0) is 15.0 Å². The Bertz CT molecular complexity index is 724. The molecule has 1 heterocycles. The van der Waals surface area contributed by atoms with E-state index in [2.05, 4.69) is 15.9 Å². The van der Waals surface area contributed by atoms with Crippen LogP contribution in [-0.4, -0.2) is 67.1 Å². The zero-order valence-electron chi connectivity index (χ0n) is 14.6. The van der Waals surface area contributed by atoms with Gasteiger partial charge in [-0.05, 0) is 17.7 Å². The highest BCUT2D eigenvalue weighted by molar-refractivity contribution is 9.10. The molecule has 1 aliphatic heterocycles. The lowest BCUT2D eigenvalue weighted by molar-refractivity contribution is -0.127. The topological polar surface area (TPSA) is 60.9 Å². The van der Waals surface area contributed by atoms with Gasteiger partial charge in [-0.3, -0.25) is 4.79 Å². The summed E-state index contributed by atoms with van der Waals surface area (Å²) in [7, 11) is -3.43. The van der Waals surface area contributed by atoms with E-state index in [4.69, 9.17) is 0 Å². The third kappa shape index (κ3) is 4.91. The normalized spacial score (nSPS) is 16.7. The van der Waals surface area contributed by atoms with Crippen molar-refractivity contribution in [2.24, 2.45) is 0 Å². The lowest BCUT2D eigenvalue weighted by Crippen LogP contribution is -2.53. The van der Waals surface area contributed by atoms with Gasteiger partial charge in [0.25, 0.3) is 10.2 Å². The van der Waals surface area contributed by atoms with Crippen LogP contribution in [0, 0.1) is 0 Å². The number of halogens is 1. The quantitative estimate of drug-likeness (QED) is 0.651. The number of rotatable bonds is 6. The molecule has 1 fully saturated rings. The van der Waals surface area contributed by atoms with Gasteiger partial charge in [-0.1, -0.05) is 48.0 Å². The summed E-state index contributed by atoms with van der Waals surface area (Å²) in [5, 5.41) is 0. The van der Waals surface area contributed by atoms with Crippen molar-refractivity contribution in [2.75, 3.05) is 39.3 Å². The van der Waals surface area contributed by atoms with Gasteiger partial charge in [0.2, 0.25) is 5.91 Å². The molecule has 0 aliphatic carbocycles. The highest BCUT2D eigenvalue weighted by Crippen LogP contribution is 2.18. The van der Waals surface area contributed by atoms with E-state index in [-0.39, 0.29) is 5.91 Å². The number of carbonyl (C=O) groups excluding carboxylic acids is 1. The summed E-state index contributed by atoms with van der Waals surface area (Å²) >= 11 is 3.45. The van der Waals surface area contributed by atoms with Crippen LogP contribution < -0.4 is 0 Å². The Kier molecular flexibility index (Phi) is 7.18. The van der Waals surface area contributed by atoms with E-state index in [9.17, 15) is 13.2 Å². The van der Waals surface area contributed by atoms with E-state index in [1.807, 2.05) is 38.1 Å². The zero-order valence-corrected chi connectivity index (χ0v) is 17.0. The summed E-state index contributed by atoms with van der Waals surface area (Å²) in [4.78, 5) is 14.0. The second-order valence-corrected chi connectivity index (χ2v) is 8.45. The van der Waals surface area contributed by atoms with Gasteiger partial charge >= 0.3 is 0 Å². The molecule has 1 amide bonds. The summed E-state index contributed by atoms with van der Waals surface area (Å²) in [6, 6.07) is 7.66. The molecule has 0 radical (unpaired) electrons. The smallest absolute Gasteiger partial charge is 0.282 e. The molecule has 138 valence electrons. The van der Waals surface area contributed by atoms with Gasteiger partial charge in [-0.15, -0.1) is 0 Å². The van der Waals surface area contributed by atoms with Crippen molar-refractivity contribution in [3.8, 4) is 0 Å². The summed E-state index contributed by atoms with van der Waals surface area (Å²) < 4.78 is 28.8. The molecule has 2 rings (SSSR count). The summed E-state index contributed by atoms with van der Waals surface area (Å²) in [6.07, 6.45) is 3.31. The number of hydrogen-bond acceptors (Lipinski definition) is 3. The molecular formula is C17H24BrN3O3S. The molecule has 0 saturated carbocycles. The second-order valence-electron chi connectivity index (χ2n) is 5.67. The van der Waals surface area contributed by atoms with E-state index in [1.165, 1.54) is 14.7 Å². The van der Waals surface area contributed by atoms with Crippen molar-refractivity contribution in [3.05, 3.63) is 40.4 Å². The number of carbonyl (C=O) groups is 1. The lowest BCUT2D eigenvalue weighted by Gasteiger charge is -2.35. The largest absolute Gasteiger partial charge is 0.337 e. The van der Waals surface area contributed by atoms with Gasteiger partial charge in [0.1, 0.15) is 0 Å². The first-order chi connectivity index (χ1) is 11.9. The van der Waals surface area contributed by atoms with Crippen LogP contribution in [0.1, 0.15) is 19.4 Å². The summed E-state index contributed by atoms with van der Waals surface area (Å²) in [6.45, 7) is 6.01. The van der Waals surface area contributed by atoms with Gasteiger partial charge < -0.3 is 4.90 Å². The first-order valence-corrected chi connectivity index (χ1v) is 10.6. The van der Waals surface area contributed by atoms with Crippen LogP contribution in [0.4, 0.5) is 0 Å². The molecule has 25 heavy (non-hydrogen) atoms. The number of benzene rings is 1. The van der Waals surface area contributed by atoms with E-state index in [0.717, 1.165) is 10.0 Å². The monoisotopic (exact) mass is 429 g/mol. The first kappa shape index (κ1) is 20.1. The van der Waals surface area contributed by atoms with Crippen LogP contribution >= 0.6 is 15.9 Å². The van der Waals surface area contributed by atoms with Crippen LogP contribution in [0.2, 0.25) is 0 Å². The molecule has 1 saturated heterocycles. The minimum Gasteiger partial charge on any atom is -0.337 e. The minimum absolute atomic E-state index is 0.101. The van der Waals surface area contributed by atoms with E-state index in [0.29, 0.717) is 39.3 Å². The average Bonchev–Trinajstić information content (AvgIpc) is 2.61. The molecule has 0 unspecified atom stereocenters. The van der Waals surface area contributed by atoms with E-state index in [1.54, 1.807) is 11.0 Å². The van der Waals surface area contributed by atoms with Gasteiger partial charge in [0.15, 0.2) is 0 Å². The van der Waals surface area contributed by atoms with Crippen molar-refractivity contribution in [3.63, 3.8) is 0 Å². The molecule has 1 aliphatic rings. The maximum absolute atomic E-state index is 12.5. The van der Waals surface area contributed by atoms with Crippen LogP contribution in [0.15, 0.2) is 34.8 Å². The molecule has 6 nitrogen and oxygen atoms in total. The van der Waals surface area contributed by atoms with Gasteiger partial charge in [-0.25, -0.2) is 0 Å². The maximum Gasteiger partial charge on any atom is 0.282 e. The molecule has 8 heteroatoms. The molecule has 0 atom stereocenters. The summed E-state index contributed by atoms with van der Waals surface area (Å²) in [5.41, 5.74) is 0.929. The van der Waals surface area contributed by atoms with Crippen molar-refractivity contribution in [1.29, 1.82) is 0 Å². The van der Waals surface area contributed by atoms with Crippen LogP contribution in [0.25, 0.3) is 6.08 Å². The molecule has 0 bridgehead atoms. The van der Waals surface area contributed by atoms with Crippen molar-refractivity contribution in [2.45, 2.75) is 13.8 Å². The molecular weight excluding hydrogens is 406 g/mol. The van der Waals surface area contributed by atoms with E-state index >= 15 is 0 Å². The fourth-order valence-corrected chi connectivity index (χ4v) is 4.75. The third-order valence-electron chi connectivity index (χ3n) is 4.22. The molecule has 1 aromatic rings. The van der Waals surface area contributed by atoms with Crippen LogP contribution in [0.3, 0.4) is 0 Å². The fraction of sp³-hybridized carbons (Fsp3) is 0.471. The molecule has 0 aromatic heterocycles. The number of nitrogens with zero attached hydrogens (tertiary/aromatic N) is 3. The van der Waals surface area contributed by atoms with E-state index < -0.39 is 10.2 Å². The Morgan fingerprint density at radius 1 is 1.16 bits per heavy atom.